The predicted molar refractivity (Wildman–Crippen MR) is 89.1 cm³/mol. The van der Waals surface area contributed by atoms with Crippen LogP contribution in [0.25, 0.3) is 11.0 Å². The lowest BCUT2D eigenvalue weighted by Crippen LogP contribution is -2.31. The van der Waals surface area contributed by atoms with E-state index in [2.05, 4.69) is 6.07 Å². The molecule has 0 aliphatic heterocycles. The van der Waals surface area contributed by atoms with E-state index >= 15 is 0 Å². The molecule has 0 radical (unpaired) electrons. The van der Waals surface area contributed by atoms with Gasteiger partial charge in [0.05, 0.1) is 12.7 Å². The first-order valence-corrected chi connectivity index (χ1v) is 7.51. The number of nitrogens with zero attached hydrogens (tertiary/aromatic N) is 1. The van der Waals surface area contributed by atoms with Crippen molar-refractivity contribution in [3.63, 3.8) is 0 Å². The van der Waals surface area contributed by atoms with E-state index in [0.717, 1.165) is 27.8 Å². The second-order valence-electron chi connectivity index (χ2n) is 5.41. The number of fused-ring (bicyclic) bond motifs is 1. The third-order valence-electron chi connectivity index (χ3n) is 3.84. The first-order chi connectivity index (χ1) is 10.7. The smallest absolute Gasteiger partial charge is 0.231 e. The Kier molecular flexibility index (Phi) is 3.96. The van der Waals surface area contributed by atoms with Crippen molar-refractivity contribution in [3.05, 3.63) is 65.9 Å². The van der Waals surface area contributed by atoms with Gasteiger partial charge in [-0.05, 0) is 38.1 Å². The summed E-state index contributed by atoms with van der Waals surface area (Å²) in [7, 11) is 0. The van der Waals surface area contributed by atoms with Crippen LogP contribution in [0.1, 0.15) is 18.1 Å². The number of rotatable bonds is 4. The number of anilines is 1. The molecule has 3 heteroatoms. The van der Waals surface area contributed by atoms with Crippen LogP contribution in [-0.2, 0) is 11.2 Å². The highest BCUT2D eigenvalue weighted by atomic mass is 16.3. The quantitative estimate of drug-likeness (QED) is 0.717. The maximum absolute atomic E-state index is 12.7. The third-order valence-corrected chi connectivity index (χ3v) is 3.84. The van der Waals surface area contributed by atoms with Crippen molar-refractivity contribution < 1.29 is 9.21 Å². The van der Waals surface area contributed by atoms with Crippen LogP contribution in [0.15, 0.2) is 59.2 Å². The Labute approximate surface area is 130 Å². The van der Waals surface area contributed by atoms with Gasteiger partial charge >= 0.3 is 0 Å². The summed E-state index contributed by atoms with van der Waals surface area (Å²) >= 11 is 0. The zero-order valence-electron chi connectivity index (χ0n) is 12.9. The van der Waals surface area contributed by atoms with Crippen molar-refractivity contribution in [1.82, 2.24) is 0 Å². The van der Waals surface area contributed by atoms with Gasteiger partial charge < -0.3 is 9.32 Å². The maximum Gasteiger partial charge on any atom is 0.231 e. The van der Waals surface area contributed by atoms with E-state index in [1.165, 1.54) is 0 Å². The molecule has 0 atom stereocenters. The number of aryl methyl sites for hydroxylation is 1. The van der Waals surface area contributed by atoms with E-state index in [1.807, 2.05) is 56.3 Å². The molecule has 0 saturated heterocycles. The predicted octanol–water partition coefficient (Wildman–Crippen LogP) is 4.34. The summed E-state index contributed by atoms with van der Waals surface area (Å²) in [6, 6.07) is 15.8. The fourth-order valence-corrected chi connectivity index (χ4v) is 2.70. The lowest BCUT2D eigenvalue weighted by molar-refractivity contribution is -0.117. The molecule has 22 heavy (non-hydrogen) atoms. The summed E-state index contributed by atoms with van der Waals surface area (Å²) < 4.78 is 5.55. The van der Waals surface area contributed by atoms with Crippen LogP contribution >= 0.6 is 0 Å². The van der Waals surface area contributed by atoms with Gasteiger partial charge in [0.15, 0.2) is 0 Å². The number of furan rings is 1. The van der Waals surface area contributed by atoms with Crippen LogP contribution in [-0.4, -0.2) is 12.5 Å². The molecule has 1 aromatic heterocycles. The van der Waals surface area contributed by atoms with Crippen LogP contribution in [0.2, 0.25) is 0 Å². The molecule has 3 nitrogen and oxygen atoms in total. The lowest BCUT2D eigenvalue weighted by Gasteiger charge is -2.20. The van der Waals surface area contributed by atoms with Gasteiger partial charge in [-0.1, -0.05) is 29.8 Å². The monoisotopic (exact) mass is 293 g/mol. The van der Waals surface area contributed by atoms with E-state index in [0.29, 0.717) is 13.0 Å². The standard InChI is InChI=1S/C19H19NO2/c1-3-20(16-7-5-4-6-8-16)19(21)12-15-13-22-18-10-9-14(2)11-17(15)18/h4-11,13H,3,12H2,1-2H3. The number of hydrogen-bond donors (Lipinski definition) is 0. The molecule has 0 saturated carbocycles. The molecule has 0 unspecified atom stereocenters. The van der Waals surface area contributed by atoms with Gasteiger partial charge in [0.1, 0.15) is 5.58 Å². The topological polar surface area (TPSA) is 33.5 Å². The van der Waals surface area contributed by atoms with Gasteiger partial charge in [-0.15, -0.1) is 0 Å². The molecule has 112 valence electrons. The molecule has 3 aromatic rings. The average molecular weight is 293 g/mol. The Balaban J connectivity index is 1.87. The highest BCUT2D eigenvalue weighted by molar-refractivity contribution is 5.97. The summed E-state index contributed by atoms with van der Waals surface area (Å²) in [4.78, 5) is 14.5. The van der Waals surface area contributed by atoms with Crippen LogP contribution in [0, 0.1) is 6.92 Å². The Morgan fingerprint density at radius 2 is 1.91 bits per heavy atom. The number of carbonyl (C=O) groups is 1. The first kappa shape index (κ1) is 14.4. The highest BCUT2D eigenvalue weighted by Crippen LogP contribution is 2.24. The molecule has 3 rings (SSSR count). The minimum absolute atomic E-state index is 0.0814. The van der Waals surface area contributed by atoms with Crippen molar-refractivity contribution >= 4 is 22.6 Å². The molecule has 0 spiro atoms. The third kappa shape index (κ3) is 2.75. The molecular weight excluding hydrogens is 274 g/mol. The Bertz CT molecular complexity index is 790. The van der Waals surface area contributed by atoms with E-state index in [1.54, 1.807) is 11.2 Å². The van der Waals surface area contributed by atoms with Gasteiger partial charge in [-0.2, -0.15) is 0 Å². The molecule has 0 N–H and O–H groups in total. The van der Waals surface area contributed by atoms with Gasteiger partial charge in [0.25, 0.3) is 0 Å². The van der Waals surface area contributed by atoms with E-state index in [9.17, 15) is 4.79 Å². The fourth-order valence-electron chi connectivity index (χ4n) is 2.70. The van der Waals surface area contributed by atoms with Gasteiger partial charge in [0.2, 0.25) is 5.91 Å². The summed E-state index contributed by atoms with van der Waals surface area (Å²) in [5.74, 6) is 0.0814. The first-order valence-electron chi connectivity index (χ1n) is 7.51. The maximum atomic E-state index is 12.7. The normalized spacial score (nSPS) is 10.8. The largest absolute Gasteiger partial charge is 0.464 e. The second kappa shape index (κ2) is 6.06. The Morgan fingerprint density at radius 3 is 2.64 bits per heavy atom. The average Bonchev–Trinajstić information content (AvgIpc) is 2.91. The van der Waals surface area contributed by atoms with Crippen LogP contribution in [0.4, 0.5) is 5.69 Å². The van der Waals surface area contributed by atoms with Crippen LogP contribution in [0.3, 0.4) is 0 Å². The molecule has 0 aliphatic carbocycles. The molecule has 0 fully saturated rings. The van der Waals surface area contributed by atoms with Crippen molar-refractivity contribution in [2.75, 3.05) is 11.4 Å². The summed E-state index contributed by atoms with van der Waals surface area (Å²) in [5.41, 5.74) is 3.87. The molecule has 1 heterocycles. The number of hydrogen-bond acceptors (Lipinski definition) is 2. The number of amides is 1. The van der Waals surface area contributed by atoms with Gasteiger partial charge in [-0.3, -0.25) is 4.79 Å². The van der Waals surface area contributed by atoms with E-state index < -0.39 is 0 Å². The zero-order chi connectivity index (χ0) is 15.5. The van der Waals surface area contributed by atoms with Crippen LogP contribution in [0.5, 0.6) is 0 Å². The van der Waals surface area contributed by atoms with Gasteiger partial charge in [0, 0.05) is 23.2 Å². The minimum Gasteiger partial charge on any atom is -0.464 e. The van der Waals surface area contributed by atoms with E-state index in [-0.39, 0.29) is 5.91 Å². The number of para-hydroxylation sites is 1. The fraction of sp³-hybridized carbons (Fsp3) is 0.211. The van der Waals surface area contributed by atoms with Crippen LogP contribution < -0.4 is 4.90 Å². The Morgan fingerprint density at radius 1 is 1.14 bits per heavy atom. The molecule has 0 bridgehead atoms. The minimum atomic E-state index is 0.0814. The van der Waals surface area contributed by atoms with E-state index in [4.69, 9.17) is 4.42 Å². The second-order valence-corrected chi connectivity index (χ2v) is 5.41. The van der Waals surface area contributed by atoms with Crippen molar-refractivity contribution in [1.29, 1.82) is 0 Å². The summed E-state index contributed by atoms with van der Waals surface area (Å²) in [5, 5.41) is 1.03. The summed E-state index contributed by atoms with van der Waals surface area (Å²) in [6.45, 7) is 4.68. The lowest BCUT2D eigenvalue weighted by atomic mass is 10.1. The molecule has 2 aromatic carbocycles. The molecular formula is C19H19NO2. The molecule has 1 amide bonds. The van der Waals surface area contributed by atoms with Crippen molar-refractivity contribution in [2.24, 2.45) is 0 Å². The Hall–Kier alpha value is -2.55. The number of likely N-dealkylation sites (N-methyl/N-ethyl adjacent to an activating group) is 1. The number of carbonyl (C=O) groups excluding carboxylic acids is 1. The van der Waals surface area contributed by atoms with Crippen molar-refractivity contribution in [2.45, 2.75) is 20.3 Å². The highest BCUT2D eigenvalue weighted by Gasteiger charge is 2.17. The van der Waals surface area contributed by atoms with Gasteiger partial charge in [-0.25, -0.2) is 0 Å². The molecule has 0 aliphatic rings. The van der Waals surface area contributed by atoms with Crippen molar-refractivity contribution in [3.8, 4) is 0 Å². The summed E-state index contributed by atoms with van der Waals surface area (Å²) in [6.07, 6.45) is 2.04. The number of benzene rings is 2. The SMILES string of the molecule is CCN(C(=O)Cc1coc2ccc(C)cc12)c1ccccc1. The zero-order valence-corrected chi connectivity index (χ0v) is 12.9.